The number of imide groups is 1. The van der Waals surface area contributed by atoms with Gasteiger partial charge in [-0.2, -0.15) is 0 Å². The van der Waals surface area contributed by atoms with E-state index in [1.807, 2.05) is 12.2 Å². The molecule has 1 aromatic heterocycles. The molecule has 0 N–H and O–H groups in total. The molecule has 1 aliphatic heterocycles. The fraction of sp³-hybridized carbons (Fsp3) is 0.417. The molecule has 0 spiro atoms. The zero-order valence-electron chi connectivity index (χ0n) is 9.42. The van der Waals surface area contributed by atoms with Gasteiger partial charge in [0.25, 0.3) is 0 Å². The van der Waals surface area contributed by atoms with Crippen molar-refractivity contribution in [2.24, 2.45) is 11.8 Å². The Hall–Kier alpha value is -1.91. The molecule has 2 amide bonds. The summed E-state index contributed by atoms with van der Waals surface area (Å²) in [4.78, 5) is 25.5. The van der Waals surface area contributed by atoms with Crippen molar-refractivity contribution in [1.82, 2.24) is 5.16 Å². The van der Waals surface area contributed by atoms with Crippen LogP contribution in [0.1, 0.15) is 18.6 Å². The van der Waals surface area contributed by atoms with E-state index in [1.165, 1.54) is 4.90 Å². The highest BCUT2D eigenvalue weighted by molar-refractivity contribution is 6.21. The molecule has 3 rings (SSSR count). The number of fused-ring (bicyclic) bond motifs is 1. The molecule has 2 atom stereocenters. The van der Waals surface area contributed by atoms with E-state index in [2.05, 4.69) is 5.16 Å². The van der Waals surface area contributed by atoms with Crippen LogP contribution in [0.3, 0.4) is 0 Å². The maximum atomic E-state index is 12.1. The summed E-state index contributed by atoms with van der Waals surface area (Å²) in [7, 11) is 0. The van der Waals surface area contributed by atoms with E-state index in [0.29, 0.717) is 24.4 Å². The first-order chi connectivity index (χ1) is 8.18. The van der Waals surface area contributed by atoms with Gasteiger partial charge in [-0.15, -0.1) is 0 Å². The number of carbonyl (C=O) groups is 2. The minimum atomic E-state index is -0.218. The molecule has 0 unspecified atom stereocenters. The lowest BCUT2D eigenvalue weighted by atomic mass is 9.85. The molecule has 1 fully saturated rings. The van der Waals surface area contributed by atoms with Crippen molar-refractivity contribution in [3.63, 3.8) is 0 Å². The second-order valence-electron chi connectivity index (χ2n) is 4.46. The molecule has 17 heavy (non-hydrogen) atoms. The molecular weight excluding hydrogens is 220 g/mol. The van der Waals surface area contributed by atoms with Crippen molar-refractivity contribution in [2.45, 2.75) is 19.8 Å². The number of nitrogens with zero attached hydrogens (tertiary/aromatic N) is 2. The Bertz CT molecular complexity index is 492. The van der Waals surface area contributed by atoms with E-state index in [-0.39, 0.29) is 23.7 Å². The first-order valence-corrected chi connectivity index (χ1v) is 5.64. The Labute approximate surface area is 98.1 Å². The van der Waals surface area contributed by atoms with Crippen LogP contribution in [0.15, 0.2) is 22.7 Å². The first-order valence-electron chi connectivity index (χ1n) is 5.64. The molecule has 88 valence electrons. The Kier molecular flexibility index (Phi) is 2.14. The smallest absolute Gasteiger partial charge is 0.239 e. The fourth-order valence-corrected chi connectivity index (χ4v) is 2.48. The summed E-state index contributed by atoms with van der Waals surface area (Å²) in [6, 6.07) is 1.61. The van der Waals surface area contributed by atoms with E-state index in [9.17, 15) is 9.59 Å². The van der Waals surface area contributed by atoms with Gasteiger partial charge < -0.3 is 4.52 Å². The molecule has 0 saturated carbocycles. The number of aromatic nitrogens is 1. The normalized spacial score (nSPS) is 27.7. The highest BCUT2D eigenvalue weighted by Crippen LogP contribution is 2.37. The second-order valence-corrected chi connectivity index (χ2v) is 4.46. The van der Waals surface area contributed by atoms with E-state index in [1.54, 1.807) is 13.0 Å². The van der Waals surface area contributed by atoms with Crippen LogP contribution < -0.4 is 4.90 Å². The zero-order chi connectivity index (χ0) is 12.0. The van der Waals surface area contributed by atoms with Crippen molar-refractivity contribution >= 4 is 17.6 Å². The van der Waals surface area contributed by atoms with Crippen molar-refractivity contribution < 1.29 is 14.1 Å². The van der Waals surface area contributed by atoms with Gasteiger partial charge >= 0.3 is 0 Å². The van der Waals surface area contributed by atoms with Gasteiger partial charge in [0.2, 0.25) is 11.8 Å². The van der Waals surface area contributed by atoms with Crippen LogP contribution in [0.25, 0.3) is 0 Å². The quantitative estimate of drug-likeness (QED) is 0.543. The molecule has 0 bridgehead atoms. The Morgan fingerprint density at radius 3 is 2.29 bits per heavy atom. The number of anilines is 1. The number of carbonyl (C=O) groups excluding carboxylic acids is 2. The summed E-state index contributed by atoms with van der Waals surface area (Å²) in [6.45, 7) is 1.73. The van der Waals surface area contributed by atoms with Gasteiger partial charge in [-0.05, 0) is 19.8 Å². The predicted octanol–water partition coefficient (Wildman–Crippen LogP) is 1.44. The number of amides is 2. The number of aryl methyl sites for hydroxylation is 1. The number of rotatable bonds is 1. The Morgan fingerprint density at radius 1 is 1.24 bits per heavy atom. The lowest BCUT2D eigenvalue weighted by Crippen LogP contribution is -2.31. The number of hydrogen-bond acceptors (Lipinski definition) is 4. The van der Waals surface area contributed by atoms with E-state index < -0.39 is 0 Å². The average Bonchev–Trinajstić information content (AvgIpc) is 2.84. The zero-order valence-corrected chi connectivity index (χ0v) is 9.42. The number of hydrogen-bond donors (Lipinski definition) is 0. The van der Waals surface area contributed by atoms with Gasteiger partial charge in [-0.25, -0.2) is 4.90 Å². The Balaban J connectivity index is 1.97. The molecule has 1 aliphatic carbocycles. The van der Waals surface area contributed by atoms with Gasteiger partial charge in [0.1, 0.15) is 5.76 Å². The van der Waals surface area contributed by atoms with E-state index in [0.717, 1.165) is 0 Å². The highest BCUT2D eigenvalue weighted by Gasteiger charge is 2.48. The standard InChI is InChI=1S/C12H12N2O3/c1-7-6-10(13-17-7)14-11(15)8-4-2-3-5-9(8)12(14)16/h2-3,6,8-9H,4-5H2,1H3/t8-,9-/m0/s1. The predicted molar refractivity (Wildman–Crippen MR) is 59.1 cm³/mol. The first kappa shape index (κ1) is 10.3. The molecule has 1 saturated heterocycles. The molecule has 5 heteroatoms. The maximum absolute atomic E-state index is 12.1. The second kappa shape index (κ2) is 3.55. The Morgan fingerprint density at radius 2 is 1.82 bits per heavy atom. The van der Waals surface area contributed by atoms with Crippen LogP contribution in [0.4, 0.5) is 5.82 Å². The summed E-state index contributed by atoms with van der Waals surface area (Å²) in [5.74, 6) is 0.157. The van der Waals surface area contributed by atoms with Crippen LogP contribution in [-0.2, 0) is 9.59 Å². The summed E-state index contributed by atoms with van der Waals surface area (Å²) in [5, 5.41) is 3.75. The minimum absolute atomic E-state index is 0.155. The third-order valence-electron chi connectivity index (χ3n) is 3.35. The number of allylic oxidation sites excluding steroid dienone is 2. The lowest BCUT2D eigenvalue weighted by molar-refractivity contribution is -0.122. The third-order valence-corrected chi connectivity index (χ3v) is 3.35. The van der Waals surface area contributed by atoms with Crippen molar-refractivity contribution in [1.29, 1.82) is 0 Å². The van der Waals surface area contributed by atoms with Crippen molar-refractivity contribution in [3.8, 4) is 0 Å². The van der Waals surface area contributed by atoms with Crippen LogP contribution in [-0.4, -0.2) is 17.0 Å². The summed E-state index contributed by atoms with van der Waals surface area (Å²) in [5.41, 5.74) is 0. The van der Waals surface area contributed by atoms with E-state index in [4.69, 9.17) is 4.52 Å². The molecule has 2 aliphatic rings. The average molecular weight is 232 g/mol. The van der Waals surface area contributed by atoms with Gasteiger partial charge in [0, 0.05) is 6.07 Å². The lowest BCUT2D eigenvalue weighted by Gasteiger charge is -2.14. The maximum Gasteiger partial charge on any atom is 0.239 e. The highest BCUT2D eigenvalue weighted by atomic mass is 16.5. The van der Waals surface area contributed by atoms with Gasteiger partial charge in [-0.3, -0.25) is 9.59 Å². The van der Waals surface area contributed by atoms with Gasteiger partial charge in [0.05, 0.1) is 11.8 Å². The molecule has 2 heterocycles. The van der Waals surface area contributed by atoms with E-state index >= 15 is 0 Å². The van der Waals surface area contributed by atoms with Crippen LogP contribution in [0.5, 0.6) is 0 Å². The molecule has 1 aromatic rings. The molecule has 0 aromatic carbocycles. The molecular formula is C12H12N2O3. The van der Waals surface area contributed by atoms with Gasteiger partial charge in [0.15, 0.2) is 5.82 Å². The largest absolute Gasteiger partial charge is 0.360 e. The minimum Gasteiger partial charge on any atom is -0.360 e. The van der Waals surface area contributed by atoms with Gasteiger partial charge in [-0.1, -0.05) is 17.3 Å². The van der Waals surface area contributed by atoms with Crippen LogP contribution in [0.2, 0.25) is 0 Å². The van der Waals surface area contributed by atoms with Crippen LogP contribution in [0, 0.1) is 18.8 Å². The van der Waals surface area contributed by atoms with Crippen LogP contribution >= 0.6 is 0 Å². The summed E-state index contributed by atoms with van der Waals surface area (Å²) >= 11 is 0. The molecule has 0 radical (unpaired) electrons. The summed E-state index contributed by atoms with van der Waals surface area (Å²) in [6.07, 6.45) is 5.21. The SMILES string of the molecule is Cc1cc(N2C(=O)[C@H]3CC=CC[C@@H]3C2=O)no1. The fourth-order valence-electron chi connectivity index (χ4n) is 2.48. The third kappa shape index (κ3) is 1.42. The topological polar surface area (TPSA) is 63.4 Å². The summed E-state index contributed by atoms with van der Waals surface area (Å²) < 4.78 is 4.92. The molecule has 5 nitrogen and oxygen atoms in total. The van der Waals surface area contributed by atoms with Crippen molar-refractivity contribution in [2.75, 3.05) is 4.90 Å². The monoisotopic (exact) mass is 232 g/mol. The van der Waals surface area contributed by atoms with Crippen molar-refractivity contribution in [3.05, 3.63) is 24.0 Å².